The molecular formula is C21H25N3O5S2. The maximum absolute atomic E-state index is 12.5. The Labute approximate surface area is 183 Å². The Morgan fingerprint density at radius 3 is 2.23 bits per heavy atom. The monoisotopic (exact) mass is 463 g/mol. The first-order valence-corrected chi connectivity index (χ1v) is 12.7. The Balaban J connectivity index is 1.59. The van der Waals surface area contributed by atoms with Crippen molar-refractivity contribution in [1.29, 1.82) is 0 Å². The molecule has 1 heterocycles. The molecule has 0 aliphatic carbocycles. The fourth-order valence-corrected chi connectivity index (χ4v) is 5.46. The highest BCUT2D eigenvalue weighted by atomic mass is 32.2. The topological polar surface area (TPSA) is 104 Å². The minimum atomic E-state index is -3.77. The van der Waals surface area contributed by atoms with Gasteiger partial charge in [0.2, 0.25) is 26.0 Å². The first-order valence-electron chi connectivity index (χ1n) is 9.78. The van der Waals surface area contributed by atoms with Crippen LogP contribution in [0.25, 0.3) is 6.08 Å². The van der Waals surface area contributed by atoms with Gasteiger partial charge in [-0.05, 0) is 48.7 Å². The Morgan fingerprint density at radius 1 is 1.00 bits per heavy atom. The highest BCUT2D eigenvalue weighted by Crippen LogP contribution is 2.22. The van der Waals surface area contributed by atoms with Gasteiger partial charge in [-0.1, -0.05) is 30.3 Å². The third-order valence-corrected chi connectivity index (χ3v) is 8.26. The van der Waals surface area contributed by atoms with Crippen molar-refractivity contribution in [2.24, 2.45) is 0 Å². The van der Waals surface area contributed by atoms with E-state index in [4.69, 9.17) is 0 Å². The number of benzene rings is 2. The second-order valence-electron chi connectivity index (χ2n) is 7.20. The molecule has 0 bridgehead atoms. The minimum Gasteiger partial charge on any atom is -0.325 e. The van der Waals surface area contributed by atoms with Gasteiger partial charge in [-0.2, -0.15) is 8.61 Å². The lowest BCUT2D eigenvalue weighted by molar-refractivity contribution is -0.116. The van der Waals surface area contributed by atoms with Crippen LogP contribution in [0.4, 0.5) is 5.69 Å². The highest BCUT2D eigenvalue weighted by molar-refractivity contribution is 7.92. The molecule has 1 aliphatic heterocycles. The van der Waals surface area contributed by atoms with Crippen LogP contribution in [0, 0.1) is 0 Å². The SMILES string of the molecule is CN(CC(=O)Nc1ccc(S(=O)(=O)N2CCCC2)cc1)S(=O)(=O)C=Cc1ccccc1. The van der Waals surface area contributed by atoms with E-state index >= 15 is 0 Å². The maximum atomic E-state index is 12.5. The van der Waals surface area contributed by atoms with Gasteiger partial charge in [0.1, 0.15) is 0 Å². The predicted molar refractivity (Wildman–Crippen MR) is 120 cm³/mol. The number of hydrogen-bond donors (Lipinski definition) is 1. The van der Waals surface area contributed by atoms with Crippen molar-refractivity contribution in [3.8, 4) is 0 Å². The zero-order chi connectivity index (χ0) is 22.5. The van der Waals surface area contributed by atoms with Crippen LogP contribution in [0.3, 0.4) is 0 Å². The summed E-state index contributed by atoms with van der Waals surface area (Å²) >= 11 is 0. The molecule has 2 aromatic carbocycles. The van der Waals surface area contributed by atoms with Gasteiger partial charge in [0.25, 0.3) is 0 Å². The quantitative estimate of drug-likeness (QED) is 0.647. The summed E-state index contributed by atoms with van der Waals surface area (Å²) in [6, 6.07) is 14.8. The number of carbonyl (C=O) groups excluding carboxylic acids is 1. The van der Waals surface area contributed by atoms with Crippen molar-refractivity contribution in [2.45, 2.75) is 17.7 Å². The standard InChI is InChI=1S/C21H25N3O5S2/c1-23(30(26,27)16-13-18-7-3-2-4-8-18)17-21(25)22-19-9-11-20(12-10-19)31(28,29)24-14-5-6-15-24/h2-4,7-13,16H,5-6,14-15,17H2,1H3,(H,22,25). The molecule has 1 fully saturated rings. The van der Waals surface area contributed by atoms with Gasteiger partial charge in [-0.25, -0.2) is 16.8 Å². The fourth-order valence-electron chi connectivity index (χ4n) is 3.11. The lowest BCUT2D eigenvalue weighted by atomic mass is 10.2. The Hall–Kier alpha value is -2.53. The summed E-state index contributed by atoms with van der Waals surface area (Å²) in [4.78, 5) is 12.4. The van der Waals surface area contributed by atoms with Crippen molar-refractivity contribution < 1.29 is 21.6 Å². The lowest BCUT2D eigenvalue weighted by Gasteiger charge is -2.16. The van der Waals surface area contributed by atoms with Gasteiger partial charge in [0, 0.05) is 31.2 Å². The molecular weight excluding hydrogens is 438 g/mol. The van der Waals surface area contributed by atoms with Crippen LogP contribution in [0.2, 0.25) is 0 Å². The summed E-state index contributed by atoms with van der Waals surface area (Å²) < 4.78 is 52.2. The maximum Gasteiger partial charge on any atom is 0.243 e. The summed E-state index contributed by atoms with van der Waals surface area (Å²) in [5.74, 6) is -0.533. The molecule has 1 aliphatic rings. The zero-order valence-electron chi connectivity index (χ0n) is 17.1. The second-order valence-corrected chi connectivity index (χ2v) is 11.1. The smallest absolute Gasteiger partial charge is 0.243 e. The van der Waals surface area contributed by atoms with E-state index in [0.717, 1.165) is 28.1 Å². The van der Waals surface area contributed by atoms with E-state index in [-0.39, 0.29) is 11.4 Å². The molecule has 0 radical (unpaired) electrons. The predicted octanol–water partition coefficient (Wildman–Crippen LogP) is 2.34. The number of nitrogens with zero attached hydrogens (tertiary/aromatic N) is 2. The fraction of sp³-hybridized carbons (Fsp3) is 0.286. The van der Waals surface area contributed by atoms with E-state index in [0.29, 0.717) is 18.8 Å². The van der Waals surface area contributed by atoms with Crippen molar-refractivity contribution in [1.82, 2.24) is 8.61 Å². The first-order chi connectivity index (χ1) is 14.7. The van der Waals surface area contributed by atoms with Crippen molar-refractivity contribution in [2.75, 3.05) is 32.0 Å². The number of anilines is 1. The Morgan fingerprint density at radius 2 is 1.61 bits per heavy atom. The molecule has 166 valence electrons. The molecule has 0 spiro atoms. The van der Waals surface area contributed by atoms with Gasteiger partial charge >= 0.3 is 0 Å². The molecule has 10 heteroatoms. The highest BCUT2D eigenvalue weighted by Gasteiger charge is 2.27. The van der Waals surface area contributed by atoms with Crippen LogP contribution in [-0.2, 0) is 24.8 Å². The molecule has 1 saturated heterocycles. The van der Waals surface area contributed by atoms with Gasteiger partial charge < -0.3 is 5.32 Å². The number of likely N-dealkylation sites (N-methyl/N-ethyl adjacent to an activating group) is 1. The molecule has 31 heavy (non-hydrogen) atoms. The summed E-state index contributed by atoms with van der Waals surface area (Å²) in [7, 11) is -5.98. The number of sulfonamides is 2. The van der Waals surface area contributed by atoms with E-state index in [9.17, 15) is 21.6 Å². The lowest BCUT2D eigenvalue weighted by Crippen LogP contribution is -2.33. The van der Waals surface area contributed by atoms with Crippen LogP contribution >= 0.6 is 0 Å². The molecule has 0 unspecified atom stereocenters. The van der Waals surface area contributed by atoms with Crippen LogP contribution in [0.1, 0.15) is 18.4 Å². The van der Waals surface area contributed by atoms with Crippen LogP contribution < -0.4 is 5.32 Å². The normalized spacial score (nSPS) is 15.5. The van der Waals surface area contributed by atoms with E-state index < -0.39 is 26.0 Å². The molecule has 1 N–H and O–H groups in total. The Kier molecular flexibility index (Phi) is 7.26. The molecule has 2 aromatic rings. The minimum absolute atomic E-state index is 0.165. The van der Waals surface area contributed by atoms with E-state index in [2.05, 4.69) is 5.32 Å². The zero-order valence-corrected chi connectivity index (χ0v) is 18.8. The summed E-state index contributed by atoms with van der Waals surface area (Å²) in [6.45, 7) is 0.649. The second kappa shape index (κ2) is 9.73. The number of nitrogens with one attached hydrogen (secondary N) is 1. The van der Waals surface area contributed by atoms with Crippen LogP contribution in [0.5, 0.6) is 0 Å². The summed E-state index contributed by atoms with van der Waals surface area (Å²) in [6.07, 6.45) is 3.16. The third-order valence-electron chi connectivity index (χ3n) is 4.87. The molecule has 0 aromatic heterocycles. The number of carbonyl (C=O) groups is 1. The van der Waals surface area contributed by atoms with E-state index in [1.54, 1.807) is 24.3 Å². The largest absolute Gasteiger partial charge is 0.325 e. The Bertz CT molecular complexity index is 1140. The molecule has 8 nitrogen and oxygen atoms in total. The van der Waals surface area contributed by atoms with Gasteiger partial charge in [-0.15, -0.1) is 0 Å². The van der Waals surface area contributed by atoms with Crippen LogP contribution in [-0.4, -0.2) is 58.0 Å². The van der Waals surface area contributed by atoms with Crippen molar-refractivity contribution in [3.05, 3.63) is 65.6 Å². The number of hydrogen-bond acceptors (Lipinski definition) is 5. The van der Waals surface area contributed by atoms with Gasteiger partial charge in [-0.3, -0.25) is 4.79 Å². The molecule has 0 atom stereocenters. The number of amides is 1. The molecule has 3 rings (SSSR count). The number of rotatable bonds is 8. The average molecular weight is 464 g/mol. The summed E-state index contributed by atoms with van der Waals surface area (Å²) in [5, 5.41) is 3.64. The van der Waals surface area contributed by atoms with Gasteiger partial charge in [0.15, 0.2) is 0 Å². The van der Waals surface area contributed by atoms with Crippen molar-refractivity contribution >= 4 is 37.7 Å². The molecule has 1 amide bonds. The van der Waals surface area contributed by atoms with Crippen molar-refractivity contribution in [3.63, 3.8) is 0 Å². The van der Waals surface area contributed by atoms with Crippen LogP contribution in [0.15, 0.2) is 64.9 Å². The van der Waals surface area contributed by atoms with Gasteiger partial charge in [0.05, 0.1) is 11.4 Å². The first kappa shape index (κ1) is 23.1. The van der Waals surface area contributed by atoms with E-state index in [1.807, 2.05) is 6.07 Å². The summed E-state index contributed by atoms with van der Waals surface area (Å²) in [5.41, 5.74) is 1.11. The molecule has 0 saturated carbocycles. The van der Waals surface area contributed by atoms with E-state index in [1.165, 1.54) is 41.7 Å². The third kappa shape index (κ3) is 6.01. The average Bonchev–Trinajstić information content (AvgIpc) is 3.29.